The number of hydrogen-bond acceptors (Lipinski definition) is 2. The second kappa shape index (κ2) is 4.32. The number of aliphatic hydroxyl groups excluding tert-OH is 1. The highest BCUT2D eigenvalue weighted by Crippen LogP contribution is 1.99. The summed E-state index contributed by atoms with van der Waals surface area (Å²) >= 11 is 0. The Morgan fingerprint density at radius 3 is 2.56 bits per heavy atom. The molecule has 0 aromatic heterocycles. The van der Waals surface area contributed by atoms with Crippen LogP contribution in [0.25, 0.3) is 0 Å². The molecule has 0 aliphatic carbocycles. The summed E-state index contributed by atoms with van der Waals surface area (Å²) in [5.74, 6) is -0.845. The lowest BCUT2D eigenvalue weighted by Gasteiger charge is -2.02. The minimum absolute atomic E-state index is 0.0645. The Balaban J connectivity index is 3.16. The second-order valence-corrected chi connectivity index (χ2v) is 1.99. The van der Waals surface area contributed by atoms with Crippen molar-refractivity contribution in [2.75, 3.05) is 0 Å². The molecule has 0 aliphatic rings. The number of hydrogen-bond donors (Lipinski definition) is 2. The van der Waals surface area contributed by atoms with E-state index in [2.05, 4.69) is 0 Å². The van der Waals surface area contributed by atoms with Crippen molar-refractivity contribution in [1.82, 2.24) is 0 Å². The fourth-order valence-electron chi connectivity index (χ4n) is 0.494. The van der Waals surface area contributed by atoms with E-state index < -0.39 is 12.1 Å². The van der Waals surface area contributed by atoms with E-state index in [1.54, 1.807) is 0 Å². The molecule has 54 valence electrons. The number of aliphatic carboxylic acids is 1. The van der Waals surface area contributed by atoms with Gasteiger partial charge in [0.1, 0.15) is 0 Å². The van der Waals surface area contributed by atoms with Gasteiger partial charge in [0.2, 0.25) is 0 Å². The fraction of sp³-hybridized carbons (Fsp3) is 0.833. The van der Waals surface area contributed by atoms with Gasteiger partial charge in [-0.3, -0.25) is 4.79 Å². The average molecular weight is 132 g/mol. The molecule has 0 spiro atoms. The fourth-order valence-corrected chi connectivity index (χ4v) is 0.494. The Kier molecular flexibility index (Phi) is 4.05. The van der Waals surface area contributed by atoms with Gasteiger partial charge in [0.05, 0.1) is 6.10 Å². The van der Waals surface area contributed by atoms with E-state index in [1.165, 1.54) is 0 Å². The lowest BCUT2D eigenvalue weighted by atomic mass is 10.1. The molecular weight excluding hydrogens is 120 g/mol. The molecule has 0 aromatic rings. The van der Waals surface area contributed by atoms with Crippen molar-refractivity contribution in [2.24, 2.45) is 0 Å². The molecule has 1 unspecified atom stereocenters. The van der Waals surface area contributed by atoms with Crippen molar-refractivity contribution >= 4 is 5.97 Å². The first-order valence-electron chi connectivity index (χ1n) is 3.06. The van der Waals surface area contributed by atoms with E-state index in [0.717, 1.165) is 0 Å². The lowest BCUT2D eigenvalue weighted by Crippen LogP contribution is -2.07. The van der Waals surface area contributed by atoms with E-state index in [0.29, 0.717) is 12.8 Å². The molecule has 0 saturated carbocycles. The molecule has 0 saturated heterocycles. The summed E-state index contributed by atoms with van der Waals surface area (Å²) in [5.41, 5.74) is 0. The SMILES string of the molecule is CCC(O)CCC(=O)O. The van der Waals surface area contributed by atoms with Crippen LogP contribution in [0, 0.1) is 0 Å². The normalized spacial score (nSPS) is 13.1. The minimum atomic E-state index is -0.845. The first-order valence-corrected chi connectivity index (χ1v) is 3.06. The molecule has 0 rings (SSSR count). The highest BCUT2D eigenvalue weighted by Gasteiger charge is 2.02. The second-order valence-electron chi connectivity index (χ2n) is 1.99. The van der Waals surface area contributed by atoms with Gasteiger partial charge in [-0.25, -0.2) is 0 Å². The molecule has 9 heavy (non-hydrogen) atoms. The summed E-state index contributed by atoms with van der Waals surface area (Å²) < 4.78 is 0. The van der Waals surface area contributed by atoms with Gasteiger partial charge in [-0.1, -0.05) is 6.92 Å². The number of carboxylic acids is 1. The molecule has 2 N–H and O–H groups in total. The molecule has 3 nitrogen and oxygen atoms in total. The third-order valence-corrected chi connectivity index (χ3v) is 1.16. The molecule has 0 radical (unpaired) electrons. The van der Waals surface area contributed by atoms with Crippen molar-refractivity contribution in [1.29, 1.82) is 0 Å². The highest BCUT2D eigenvalue weighted by atomic mass is 16.4. The summed E-state index contributed by atoms with van der Waals surface area (Å²) in [6.07, 6.45) is 0.620. The Bertz CT molecular complexity index is 90.3. The predicted molar refractivity (Wildman–Crippen MR) is 33.2 cm³/mol. The molecule has 0 fully saturated rings. The van der Waals surface area contributed by atoms with E-state index in [9.17, 15) is 4.79 Å². The van der Waals surface area contributed by atoms with Gasteiger partial charge in [-0.15, -0.1) is 0 Å². The van der Waals surface area contributed by atoms with Crippen molar-refractivity contribution < 1.29 is 15.0 Å². The highest BCUT2D eigenvalue weighted by molar-refractivity contribution is 5.66. The van der Waals surface area contributed by atoms with Crippen LogP contribution in [0.15, 0.2) is 0 Å². The Morgan fingerprint density at radius 1 is 1.67 bits per heavy atom. The van der Waals surface area contributed by atoms with Gasteiger partial charge in [0.15, 0.2) is 0 Å². The van der Waals surface area contributed by atoms with E-state index in [-0.39, 0.29) is 6.42 Å². The number of carboxylic acid groups (broad SMARTS) is 1. The van der Waals surface area contributed by atoms with E-state index >= 15 is 0 Å². The van der Waals surface area contributed by atoms with Crippen molar-refractivity contribution in [3.05, 3.63) is 0 Å². The summed E-state index contributed by atoms with van der Waals surface area (Å²) in [4.78, 5) is 9.91. The van der Waals surface area contributed by atoms with Crippen LogP contribution in [-0.4, -0.2) is 22.3 Å². The standard InChI is InChI=1S/C6H12O3/c1-2-5(7)3-4-6(8)9/h5,7H,2-4H2,1H3,(H,8,9). The van der Waals surface area contributed by atoms with Gasteiger partial charge < -0.3 is 10.2 Å². The van der Waals surface area contributed by atoms with Gasteiger partial charge in [-0.05, 0) is 12.8 Å². The largest absolute Gasteiger partial charge is 0.481 e. The van der Waals surface area contributed by atoms with E-state index in [1.807, 2.05) is 6.92 Å². The molecule has 0 bridgehead atoms. The molecule has 0 heterocycles. The smallest absolute Gasteiger partial charge is 0.303 e. The summed E-state index contributed by atoms with van der Waals surface area (Å²) in [5, 5.41) is 17.0. The number of rotatable bonds is 4. The topological polar surface area (TPSA) is 57.5 Å². The molecule has 0 aromatic carbocycles. The Morgan fingerprint density at radius 2 is 2.22 bits per heavy atom. The van der Waals surface area contributed by atoms with Crippen LogP contribution in [0.2, 0.25) is 0 Å². The van der Waals surface area contributed by atoms with Gasteiger partial charge >= 0.3 is 5.97 Å². The van der Waals surface area contributed by atoms with Crippen LogP contribution in [0.4, 0.5) is 0 Å². The Hall–Kier alpha value is -0.570. The van der Waals surface area contributed by atoms with Crippen molar-refractivity contribution in [3.8, 4) is 0 Å². The predicted octanol–water partition coefficient (Wildman–Crippen LogP) is 0.622. The maximum atomic E-state index is 9.91. The van der Waals surface area contributed by atoms with Crippen LogP contribution < -0.4 is 0 Å². The maximum Gasteiger partial charge on any atom is 0.303 e. The molecular formula is C6H12O3. The van der Waals surface area contributed by atoms with Crippen LogP contribution >= 0.6 is 0 Å². The van der Waals surface area contributed by atoms with E-state index in [4.69, 9.17) is 10.2 Å². The third kappa shape index (κ3) is 5.30. The first-order chi connectivity index (χ1) is 4.16. The van der Waals surface area contributed by atoms with Crippen LogP contribution in [0.1, 0.15) is 26.2 Å². The zero-order valence-corrected chi connectivity index (χ0v) is 5.50. The minimum Gasteiger partial charge on any atom is -0.481 e. The maximum absolute atomic E-state index is 9.91. The van der Waals surface area contributed by atoms with Crippen molar-refractivity contribution in [2.45, 2.75) is 32.3 Å². The van der Waals surface area contributed by atoms with Crippen LogP contribution in [0.3, 0.4) is 0 Å². The first kappa shape index (κ1) is 8.43. The van der Waals surface area contributed by atoms with Gasteiger partial charge in [0, 0.05) is 6.42 Å². The van der Waals surface area contributed by atoms with Gasteiger partial charge in [0.25, 0.3) is 0 Å². The third-order valence-electron chi connectivity index (χ3n) is 1.16. The number of aliphatic hydroxyl groups is 1. The van der Waals surface area contributed by atoms with Crippen LogP contribution in [-0.2, 0) is 4.79 Å². The molecule has 3 heteroatoms. The lowest BCUT2D eigenvalue weighted by molar-refractivity contribution is -0.137. The monoisotopic (exact) mass is 132 g/mol. The zero-order chi connectivity index (χ0) is 7.28. The summed E-state index contributed by atoms with van der Waals surface area (Å²) in [7, 11) is 0. The average Bonchev–Trinajstić information content (AvgIpc) is 1.83. The molecule has 0 aliphatic heterocycles. The summed E-state index contributed by atoms with van der Waals surface area (Å²) in [6.45, 7) is 1.83. The summed E-state index contributed by atoms with van der Waals surface area (Å²) in [6, 6.07) is 0. The Labute approximate surface area is 54.3 Å². The molecule has 1 atom stereocenters. The zero-order valence-electron chi connectivity index (χ0n) is 5.50. The number of carbonyl (C=O) groups is 1. The molecule has 0 amide bonds. The van der Waals surface area contributed by atoms with Crippen LogP contribution in [0.5, 0.6) is 0 Å². The van der Waals surface area contributed by atoms with Gasteiger partial charge in [-0.2, -0.15) is 0 Å². The quantitative estimate of drug-likeness (QED) is 0.589. The van der Waals surface area contributed by atoms with Crippen molar-refractivity contribution in [3.63, 3.8) is 0 Å².